The van der Waals surface area contributed by atoms with Crippen molar-refractivity contribution >= 4 is 34.0 Å². The first-order chi connectivity index (χ1) is 12.3. The summed E-state index contributed by atoms with van der Waals surface area (Å²) >= 11 is 1.16. The number of ketones is 1. The quantitative estimate of drug-likeness (QED) is 0.460. The lowest BCUT2D eigenvalue weighted by molar-refractivity contribution is -0.933. The van der Waals surface area contributed by atoms with Crippen molar-refractivity contribution < 1.29 is 23.6 Å². The molecule has 8 heteroatoms. The van der Waals surface area contributed by atoms with Crippen LogP contribution in [0.25, 0.3) is 0 Å². The summed E-state index contributed by atoms with van der Waals surface area (Å²) in [6.45, 7) is 11.6. The van der Waals surface area contributed by atoms with Gasteiger partial charge in [-0.3, -0.25) is 14.5 Å². The van der Waals surface area contributed by atoms with E-state index < -0.39 is 5.97 Å². The number of rotatable bonds is 6. The summed E-state index contributed by atoms with van der Waals surface area (Å²) in [6.07, 6.45) is 0. The molecule has 0 spiro atoms. The Morgan fingerprint density at radius 1 is 1.19 bits per heavy atom. The second-order valence-corrected chi connectivity index (χ2v) is 8.12. The normalized spacial score (nSPS) is 24.3. The summed E-state index contributed by atoms with van der Waals surface area (Å²) in [5.41, 5.74) is 0.883. The average molecular weight is 380 g/mol. The number of esters is 1. The molecule has 3 saturated heterocycles. The minimum Gasteiger partial charge on any atom is -0.462 e. The van der Waals surface area contributed by atoms with Crippen LogP contribution < -0.4 is 5.32 Å². The van der Waals surface area contributed by atoms with Gasteiger partial charge in [0.25, 0.3) is 5.91 Å². The number of nitrogens with zero attached hydrogens (tertiary/aromatic N) is 2. The van der Waals surface area contributed by atoms with Gasteiger partial charge in [-0.25, -0.2) is 4.79 Å². The molecule has 0 unspecified atom stereocenters. The highest BCUT2D eigenvalue weighted by Gasteiger charge is 2.40. The molecule has 1 amide bonds. The Morgan fingerprint density at radius 3 is 2.35 bits per heavy atom. The molecule has 3 fully saturated rings. The van der Waals surface area contributed by atoms with Gasteiger partial charge in [-0.1, -0.05) is 0 Å². The number of Topliss-reactive ketones (excluding diaryl/α,β-unsaturated/α-hetero) is 1. The smallest absolute Gasteiger partial charge is 0.341 e. The van der Waals surface area contributed by atoms with E-state index in [-0.39, 0.29) is 18.3 Å². The number of carbonyl (C=O) groups is 3. The van der Waals surface area contributed by atoms with Crippen molar-refractivity contribution in [2.24, 2.45) is 0 Å². The Balaban J connectivity index is 1.79. The molecule has 4 rings (SSSR count). The summed E-state index contributed by atoms with van der Waals surface area (Å²) in [5, 5.41) is 3.31. The Labute approximate surface area is 157 Å². The molecule has 26 heavy (non-hydrogen) atoms. The van der Waals surface area contributed by atoms with E-state index in [1.807, 2.05) is 0 Å². The molecule has 7 nitrogen and oxygen atoms in total. The molecule has 0 atom stereocenters. The predicted octanol–water partition coefficient (Wildman–Crippen LogP) is 1.52. The second-order valence-electron chi connectivity index (χ2n) is 7.10. The van der Waals surface area contributed by atoms with E-state index in [9.17, 15) is 14.4 Å². The Morgan fingerprint density at radius 2 is 1.81 bits per heavy atom. The topological polar surface area (TPSA) is 75.7 Å². The highest BCUT2D eigenvalue weighted by Crippen LogP contribution is 2.34. The van der Waals surface area contributed by atoms with Crippen molar-refractivity contribution in [3.05, 3.63) is 16.0 Å². The van der Waals surface area contributed by atoms with Crippen LogP contribution in [0.15, 0.2) is 0 Å². The van der Waals surface area contributed by atoms with Crippen molar-refractivity contribution in [2.45, 2.75) is 20.8 Å². The van der Waals surface area contributed by atoms with Gasteiger partial charge >= 0.3 is 5.97 Å². The van der Waals surface area contributed by atoms with E-state index in [1.165, 1.54) is 6.92 Å². The number of ether oxygens (including phenoxy) is 1. The van der Waals surface area contributed by atoms with Gasteiger partial charge in [-0.15, -0.1) is 11.3 Å². The number of fused-ring (bicyclic) bond motifs is 3. The lowest BCUT2D eigenvalue weighted by atomic mass is 10.1. The van der Waals surface area contributed by atoms with Crippen molar-refractivity contribution in [2.75, 3.05) is 57.7 Å². The van der Waals surface area contributed by atoms with Gasteiger partial charge in [0.05, 0.1) is 36.7 Å². The number of carbonyl (C=O) groups excluding carboxylic acids is 3. The second kappa shape index (κ2) is 7.46. The van der Waals surface area contributed by atoms with Crippen LogP contribution in [0, 0.1) is 6.92 Å². The maximum absolute atomic E-state index is 12.7. The molecule has 4 heterocycles. The van der Waals surface area contributed by atoms with Crippen molar-refractivity contribution in [1.29, 1.82) is 0 Å². The van der Waals surface area contributed by atoms with Gasteiger partial charge in [0.1, 0.15) is 5.00 Å². The Hall–Kier alpha value is -1.77. The highest BCUT2D eigenvalue weighted by molar-refractivity contribution is 7.18. The molecule has 142 valence electrons. The third-order valence-corrected chi connectivity index (χ3v) is 6.66. The van der Waals surface area contributed by atoms with E-state index in [1.54, 1.807) is 13.8 Å². The van der Waals surface area contributed by atoms with Crippen molar-refractivity contribution in [3.8, 4) is 0 Å². The SMILES string of the molecule is CCOC(=O)c1c(NC(=O)C[N+]23CCN(CC2)CC3)sc(C(C)=O)c1C. The summed E-state index contributed by atoms with van der Waals surface area (Å²) in [7, 11) is 0. The zero-order valence-electron chi connectivity index (χ0n) is 15.6. The molecule has 0 aliphatic carbocycles. The van der Waals surface area contributed by atoms with Crippen LogP contribution >= 0.6 is 11.3 Å². The fourth-order valence-corrected chi connectivity index (χ4v) is 4.93. The fourth-order valence-electron chi connectivity index (χ4n) is 3.83. The number of amides is 1. The number of quaternary nitrogens is 1. The summed E-state index contributed by atoms with van der Waals surface area (Å²) in [5.74, 6) is -0.725. The van der Waals surface area contributed by atoms with Crippen molar-refractivity contribution in [1.82, 2.24) is 4.90 Å². The Kier molecular flexibility index (Phi) is 5.45. The maximum atomic E-state index is 12.7. The van der Waals surface area contributed by atoms with Gasteiger partial charge in [-0.05, 0) is 26.3 Å². The number of nitrogens with one attached hydrogen (secondary N) is 1. The number of hydrogen-bond acceptors (Lipinski definition) is 6. The molecule has 2 bridgehead atoms. The van der Waals surface area contributed by atoms with Gasteiger partial charge in [-0.2, -0.15) is 0 Å². The Bertz CT molecular complexity index is 721. The molecular formula is C18H26N3O4S+. The standard InChI is InChI=1S/C18H25N3O4S/c1-4-25-18(24)15-12(2)16(13(3)22)26-17(15)19-14(23)11-21-8-5-20(6-9-21)7-10-21/h4-11H2,1-3H3/p+1. The largest absolute Gasteiger partial charge is 0.462 e. The maximum Gasteiger partial charge on any atom is 0.341 e. The molecule has 0 saturated carbocycles. The van der Waals surface area contributed by atoms with Gasteiger partial charge in [0.15, 0.2) is 12.3 Å². The van der Waals surface area contributed by atoms with E-state index in [0.29, 0.717) is 27.5 Å². The number of hydrogen-bond donors (Lipinski definition) is 1. The molecule has 1 aromatic rings. The first-order valence-corrected chi connectivity index (χ1v) is 9.85. The molecule has 0 radical (unpaired) electrons. The predicted molar refractivity (Wildman–Crippen MR) is 99.8 cm³/mol. The molecule has 1 N–H and O–H groups in total. The first kappa shape index (κ1) is 19.0. The molecule has 1 aromatic heterocycles. The minimum atomic E-state index is -0.498. The van der Waals surface area contributed by atoms with Crippen LogP contribution in [-0.2, 0) is 9.53 Å². The van der Waals surface area contributed by atoms with E-state index in [0.717, 1.165) is 55.1 Å². The molecular weight excluding hydrogens is 354 g/mol. The number of anilines is 1. The van der Waals surface area contributed by atoms with Crippen LogP contribution in [0.3, 0.4) is 0 Å². The summed E-state index contributed by atoms with van der Waals surface area (Å²) in [6, 6.07) is 0. The van der Waals surface area contributed by atoms with Crippen LogP contribution in [0.4, 0.5) is 5.00 Å². The molecule has 3 aliphatic heterocycles. The number of thiophene rings is 1. The summed E-state index contributed by atoms with van der Waals surface area (Å²) in [4.78, 5) is 39.8. The van der Waals surface area contributed by atoms with Crippen LogP contribution in [0.1, 0.15) is 39.4 Å². The zero-order chi connectivity index (χ0) is 18.9. The van der Waals surface area contributed by atoms with E-state index in [4.69, 9.17) is 4.74 Å². The summed E-state index contributed by atoms with van der Waals surface area (Å²) < 4.78 is 5.92. The van der Waals surface area contributed by atoms with Gasteiger partial charge in [0.2, 0.25) is 0 Å². The van der Waals surface area contributed by atoms with E-state index in [2.05, 4.69) is 10.2 Å². The average Bonchev–Trinajstić information content (AvgIpc) is 2.92. The third kappa shape index (κ3) is 3.67. The fraction of sp³-hybridized carbons (Fsp3) is 0.611. The highest BCUT2D eigenvalue weighted by atomic mass is 32.1. The lowest BCUT2D eigenvalue weighted by Crippen LogP contribution is -2.68. The molecule has 0 aromatic carbocycles. The molecule has 3 aliphatic rings. The lowest BCUT2D eigenvalue weighted by Gasteiger charge is -2.50. The minimum absolute atomic E-state index is 0.109. The third-order valence-electron chi connectivity index (χ3n) is 5.35. The van der Waals surface area contributed by atoms with Crippen LogP contribution in [0.5, 0.6) is 0 Å². The first-order valence-electron chi connectivity index (χ1n) is 9.04. The van der Waals surface area contributed by atoms with Crippen LogP contribution in [-0.4, -0.2) is 79.5 Å². The van der Waals surface area contributed by atoms with Gasteiger partial charge in [0, 0.05) is 19.6 Å². The zero-order valence-corrected chi connectivity index (χ0v) is 16.4. The van der Waals surface area contributed by atoms with Gasteiger partial charge < -0.3 is 14.5 Å². The monoisotopic (exact) mass is 380 g/mol. The van der Waals surface area contributed by atoms with Crippen molar-refractivity contribution in [3.63, 3.8) is 0 Å². The van der Waals surface area contributed by atoms with E-state index >= 15 is 0 Å². The van der Waals surface area contributed by atoms with Crippen LogP contribution in [0.2, 0.25) is 0 Å². The number of piperazine rings is 3.